The van der Waals surface area contributed by atoms with Gasteiger partial charge in [-0.15, -0.1) is 0 Å². The SMILES string of the molecule is CCN1CCN(Cc2ccccc2CNC(=O)Cn2c(CS(C)(=O)=O)nc3ccccc32)CC1. The van der Waals surface area contributed by atoms with E-state index in [4.69, 9.17) is 0 Å². The second-order valence-electron chi connectivity index (χ2n) is 8.93. The van der Waals surface area contributed by atoms with Gasteiger partial charge in [-0.1, -0.05) is 43.3 Å². The molecule has 1 saturated heterocycles. The van der Waals surface area contributed by atoms with Crippen LogP contribution in [0.15, 0.2) is 48.5 Å². The summed E-state index contributed by atoms with van der Waals surface area (Å²) in [4.78, 5) is 22.3. The van der Waals surface area contributed by atoms with Gasteiger partial charge in [0.1, 0.15) is 18.1 Å². The number of nitrogens with one attached hydrogen (secondary N) is 1. The fraction of sp³-hybridized carbons (Fsp3) is 0.440. The summed E-state index contributed by atoms with van der Waals surface area (Å²) in [6, 6.07) is 15.6. The van der Waals surface area contributed by atoms with Crippen LogP contribution < -0.4 is 5.32 Å². The summed E-state index contributed by atoms with van der Waals surface area (Å²) in [6.07, 6.45) is 1.18. The summed E-state index contributed by atoms with van der Waals surface area (Å²) in [5.41, 5.74) is 3.75. The molecule has 3 aromatic rings. The fourth-order valence-corrected chi connectivity index (χ4v) is 5.12. The average molecular weight is 484 g/mol. The van der Waals surface area contributed by atoms with E-state index in [1.54, 1.807) is 4.57 Å². The molecule has 2 heterocycles. The molecule has 1 amide bonds. The van der Waals surface area contributed by atoms with E-state index < -0.39 is 9.84 Å². The van der Waals surface area contributed by atoms with Crippen LogP contribution >= 0.6 is 0 Å². The average Bonchev–Trinajstić information content (AvgIpc) is 3.14. The molecule has 0 bridgehead atoms. The van der Waals surface area contributed by atoms with Crippen LogP contribution in [0.3, 0.4) is 0 Å². The summed E-state index contributed by atoms with van der Waals surface area (Å²) in [5.74, 6) is -0.00181. The van der Waals surface area contributed by atoms with Gasteiger partial charge >= 0.3 is 0 Å². The van der Waals surface area contributed by atoms with Crippen LogP contribution in [0, 0.1) is 0 Å². The normalized spacial score (nSPS) is 15.6. The molecule has 2 aromatic carbocycles. The van der Waals surface area contributed by atoms with Crippen LogP contribution in [0.4, 0.5) is 0 Å². The summed E-state index contributed by atoms with van der Waals surface area (Å²) >= 11 is 0. The van der Waals surface area contributed by atoms with Gasteiger partial charge in [0.2, 0.25) is 5.91 Å². The Morgan fingerprint density at radius 1 is 0.971 bits per heavy atom. The number of para-hydroxylation sites is 2. The molecule has 0 unspecified atom stereocenters. The van der Waals surface area contributed by atoms with Gasteiger partial charge in [0.25, 0.3) is 0 Å². The number of sulfone groups is 1. The highest BCUT2D eigenvalue weighted by atomic mass is 32.2. The molecule has 0 atom stereocenters. The predicted octanol–water partition coefficient (Wildman–Crippen LogP) is 2.03. The topological polar surface area (TPSA) is 87.5 Å². The van der Waals surface area contributed by atoms with Gasteiger partial charge in [-0.2, -0.15) is 0 Å². The number of piperazine rings is 1. The third-order valence-electron chi connectivity index (χ3n) is 6.33. The Bertz CT molecular complexity index is 1250. The van der Waals surface area contributed by atoms with Crippen molar-refractivity contribution in [2.75, 3.05) is 39.0 Å². The molecule has 34 heavy (non-hydrogen) atoms. The molecule has 0 spiro atoms. The van der Waals surface area contributed by atoms with Gasteiger partial charge in [-0.3, -0.25) is 9.69 Å². The first kappa shape index (κ1) is 24.4. The van der Waals surface area contributed by atoms with Crippen molar-refractivity contribution in [1.82, 2.24) is 24.7 Å². The van der Waals surface area contributed by atoms with Gasteiger partial charge in [0.15, 0.2) is 9.84 Å². The van der Waals surface area contributed by atoms with Crippen molar-refractivity contribution < 1.29 is 13.2 Å². The zero-order chi connectivity index (χ0) is 24.1. The number of aromatic nitrogens is 2. The Hall–Kier alpha value is -2.75. The van der Waals surface area contributed by atoms with Crippen molar-refractivity contribution in [1.29, 1.82) is 0 Å². The van der Waals surface area contributed by atoms with Gasteiger partial charge < -0.3 is 14.8 Å². The maximum Gasteiger partial charge on any atom is 0.240 e. The zero-order valence-electron chi connectivity index (χ0n) is 19.9. The Kier molecular flexibility index (Phi) is 7.65. The lowest BCUT2D eigenvalue weighted by atomic mass is 10.1. The lowest BCUT2D eigenvalue weighted by Crippen LogP contribution is -2.45. The van der Waals surface area contributed by atoms with E-state index in [-0.39, 0.29) is 18.2 Å². The summed E-state index contributed by atoms with van der Waals surface area (Å²) < 4.78 is 25.5. The maximum atomic E-state index is 12.9. The molecule has 9 heteroatoms. The molecule has 1 aliphatic rings. The fourth-order valence-electron chi connectivity index (χ4n) is 4.43. The van der Waals surface area contributed by atoms with E-state index in [0.29, 0.717) is 17.9 Å². The number of carbonyl (C=O) groups is 1. The van der Waals surface area contributed by atoms with E-state index in [2.05, 4.69) is 39.2 Å². The molecular weight excluding hydrogens is 450 g/mol. The van der Waals surface area contributed by atoms with Crippen molar-refractivity contribution in [2.24, 2.45) is 0 Å². The number of carbonyl (C=O) groups excluding carboxylic acids is 1. The minimum Gasteiger partial charge on any atom is -0.350 e. The van der Waals surface area contributed by atoms with E-state index in [9.17, 15) is 13.2 Å². The third kappa shape index (κ3) is 6.22. The predicted molar refractivity (Wildman–Crippen MR) is 134 cm³/mol. The first-order chi connectivity index (χ1) is 16.3. The standard InChI is InChI=1S/C25H33N5O3S/c1-3-28-12-14-29(15-13-28)17-21-9-5-4-8-20(21)16-26-25(31)18-30-23-11-7-6-10-22(23)27-24(30)19-34(2,32)33/h4-11H,3,12-19H2,1-2H3,(H,26,31). The highest BCUT2D eigenvalue weighted by Gasteiger charge is 2.19. The van der Waals surface area contributed by atoms with Crippen LogP contribution in [0.2, 0.25) is 0 Å². The number of benzene rings is 2. The number of hydrogen-bond donors (Lipinski definition) is 1. The molecule has 4 rings (SSSR count). The van der Waals surface area contributed by atoms with Crippen molar-refractivity contribution in [3.63, 3.8) is 0 Å². The van der Waals surface area contributed by atoms with E-state index in [1.807, 2.05) is 36.4 Å². The van der Waals surface area contributed by atoms with Crippen molar-refractivity contribution in [2.45, 2.75) is 32.3 Å². The van der Waals surface area contributed by atoms with Crippen LogP contribution in [-0.2, 0) is 40.0 Å². The van der Waals surface area contributed by atoms with Crippen LogP contribution in [-0.4, -0.2) is 72.7 Å². The van der Waals surface area contributed by atoms with E-state index in [1.165, 1.54) is 11.8 Å². The van der Waals surface area contributed by atoms with Crippen molar-refractivity contribution >= 4 is 26.8 Å². The number of amides is 1. The molecule has 0 aliphatic carbocycles. The monoisotopic (exact) mass is 483 g/mol. The molecule has 0 radical (unpaired) electrons. The Labute approximate surface area is 201 Å². The van der Waals surface area contributed by atoms with Crippen LogP contribution in [0.25, 0.3) is 11.0 Å². The number of likely N-dealkylation sites (N-methyl/N-ethyl adjacent to an activating group) is 1. The Balaban J connectivity index is 1.42. The van der Waals surface area contributed by atoms with Crippen LogP contribution in [0.1, 0.15) is 23.9 Å². The van der Waals surface area contributed by atoms with E-state index in [0.717, 1.165) is 50.3 Å². The first-order valence-corrected chi connectivity index (χ1v) is 13.8. The minimum absolute atomic E-state index is 0.0203. The second-order valence-corrected chi connectivity index (χ2v) is 11.1. The maximum absolute atomic E-state index is 12.9. The number of nitrogens with zero attached hydrogens (tertiary/aromatic N) is 4. The zero-order valence-corrected chi connectivity index (χ0v) is 20.7. The lowest BCUT2D eigenvalue weighted by molar-refractivity contribution is -0.121. The first-order valence-electron chi connectivity index (χ1n) is 11.7. The Morgan fingerprint density at radius 2 is 1.62 bits per heavy atom. The summed E-state index contributed by atoms with van der Waals surface area (Å²) in [6.45, 7) is 8.88. The number of hydrogen-bond acceptors (Lipinski definition) is 6. The third-order valence-corrected chi connectivity index (χ3v) is 7.11. The molecular formula is C25H33N5O3S. The lowest BCUT2D eigenvalue weighted by Gasteiger charge is -2.34. The quantitative estimate of drug-likeness (QED) is 0.501. The smallest absolute Gasteiger partial charge is 0.240 e. The van der Waals surface area contributed by atoms with E-state index >= 15 is 0 Å². The highest BCUT2D eigenvalue weighted by molar-refractivity contribution is 7.89. The Morgan fingerprint density at radius 3 is 2.32 bits per heavy atom. The second kappa shape index (κ2) is 10.7. The summed E-state index contributed by atoms with van der Waals surface area (Å²) in [7, 11) is -3.29. The molecule has 1 aliphatic heterocycles. The van der Waals surface area contributed by atoms with Crippen molar-refractivity contribution in [3.05, 3.63) is 65.5 Å². The minimum atomic E-state index is -3.29. The number of rotatable bonds is 9. The molecule has 8 nitrogen and oxygen atoms in total. The van der Waals surface area contributed by atoms with Crippen molar-refractivity contribution in [3.8, 4) is 0 Å². The highest BCUT2D eigenvalue weighted by Crippen LogP contribution is 2.18. The van der Waals surface area contributed by atoms with Gasteiger partial charge in [0.05, 0.1) is 11.0 Å². The van der Waals surface area contributed by atoms with Gasteiger partial charge in [-0.05, 0) is 29.8 Å². The number of imidazole rings is 1. The molecule has 1 N–H and O–H groups in total. The van der Waals surface area contributed by atoms with Gasteiger partial charge in [0, 0.05) is 45.5 Å². The number of fused-ring (bicyclic) bond motifs is 1. The molecule has 1 aromatic heterocycles. The molecule has 1 fully saturated rings. The van der Waals surface area contributed by atoms with Gasteiger partial charge in [-0.25, -0.2) is 13.4 Å². The molecule has 0 saturated carbocycles. The molecule has 182 valence electrons. The van der Waals surface area contributed by atoms with Crippen LogP contribution in [0.5, 0.6) is 0 Å². The summed E-state index contributed by atoms with van der Waals surface area (Å²) in [5, 5.41) is 3.02. The largest absolute Gasteiger partial charge is 0.350 e.